The number of anilines is 2. The number of carbonyl (C=O) groups excluding carboxylic acids is 1. The first-order valence-corrected chi connectivity index (χ1v) is 9.36. The summed E-state index contributed by atoms with van der Waals surface area (Å²) in [6.07, 6.45) is 3.10. The fourth-order valence-corrected chi connectivity index (χ4v) is 3.79. The lowest BCUT2D eigenvalue weighted by Crippen LogP contribution is -2.22. The normalized spacial score (nSPS) is 11.9. The molecular formula is C15H14ClN5O2S2. The van der Waals surface area contributed by atoms with Crippen LogP contribution in [-0.2, 0) is 11.3 Å². The number of rotatable bonds is 7. The zero-order chi connectivity index (χ0) is 17.6. The molecule has 1 atom stereocenters. The summed E-state index contributed by atoms with van der Waals surface area (Å²) in [5.41, 5.74) is 0. The van der Waals surface area contributed by atoms with Gasteiger partial charge in [0.1, 0.15) is 11.6 Å². The predicted molar refractivity (Wildman–Crippen MR) is 99.1 cm³/mol. The van der Waals surface area contributed by atoms with Crippen molar-refractivity contribution in [2.45, 2.75) is 23.1 Å². The van der Waals surface area contributed by atoms with E-state index in [2.05, 4.69) is 25.8 Å². The summed E-state index contributed by atoms with van der Waals surface area (Å²) in [5, 5.41) is 14.9. The lowest BCUT2D eigenvalue weighted by molar-refractivity contribution is -0.115. The number of hydrogen-bond donors (Lipinski definition) is 2. The number of aromatic nitrogens is 3. The Balaban J connectivity index is 1.51. The van der Waals surface area contributed by atoms with Gasteiger partial charge >= 0.3 is 0 Å². The van der Waals surface area contributed by atoms with Gasteiger partial charge < -0.3 is 15.1 Å². The topological polar surface area (TPSA) is 92.9 Å². The lowest BCUT2D eigenvalue weighted by atomic mass is 10.4. The van der Waals surface area contributed by atoms with Crippen LogP contribution in [0, 0.1) is 0 Å². The van der Waals surface area contributed by atoms with Crippen LogP contribution in [-0.4, -0.2) is 26.3 Å². The molecule has 0 bridgehead atoms. The van der Waals surface area contributed by atoms with Crippen LogP contribution in [0.2, 0.25) is 5.02 Å². The van der Waals surface area contributed by atoms with Crippen molar-refractivity contribution >= 4 is 51.6 Å². The van der Waals surface area contributed by atoms with Gasteiger partial charge in [-0.15, -0.1) is 10.2 Å². The second-order valence-corrected chi connectivity index (χ2v) is 7.92. The van der Waals surface area contributed by atoms with E-state index in [0.717, 1.165) is 5.76 Å². The van der Waals surface area contributed by atoms with Crippen molar-refractivity contribution in [3.8, 4) is 0 Å². The summed E-state index contributed by atoms with van der Waals surface area (Å²) in [4.78, 5) is 16.3. The molecule has 3 aromatic heterocycles. The maximum atomic E-state index is 12.2. The van der Waals surface area contributed by atoms with Gasteiger partial charge in [-0.1, -0.05) is 34.7 Å². The van der Waals surface area contributed by atoms with Crippen molar-refractivity contribution in [1.82, 2.24) is 15.2 Å². The van der Waals surface area contributed by atoms with Crippen molar-refractivity contribution in [3.63, 3.8) is 0 Å². The number of carbonyl (C=O) groups is 1. The summed E-state index contributed by atoms with van der Waals surface area (Å²) in [6.45, 7) is 2.33. The van der Waals surface area contributed by atoms with E-state index < -0.39 is 0 Å². The van der Waals surface area contributed by atoms with Gasteiger partial charge in [-0.05, 0) is 31.2 Å². The highest BCUT2D eigenvalue weighted by Gasteiger charge is 2.17. The van der Waals surface area contributed by atoms with Crippen LogP contribution in [0.25, 0.3) is 0 Å². The van der Waals surface area contributed by atoms with Crippen LogP contribution in [0.1, 0.15) is 12.7 Å². The maximum Gasteiger partial charge on any atom is 0.238 e. The van der Waals surface area contributed by atoms with Crippen molar-refractivity contribution in [2.75, 3.05) is 10.6 Å². The molecule has 10 heteroatoms. The number of nitrogens with one attached hydrogen (secondary N) is 2. The molecule has 2 N–H and O–H groups in total. The molecule has 25 heavy (non-hydrogen) atoms. The molecule has 0 aliphatic heterocycles. The number of furan rings is 1. The average molecular weight is 396 g/mol. The van der Waals surface area contributed by atoms with Crippen molar-refractivity contribution < 1.29 is 9.21 Å². The summed E-state index contributed by atoms with van der Waals surface area (Å²) in [6, 6.07) is 7.03. The third kappa shape index (κ3) is 5.18. The number of amides is 1. The fraction of sp³-hybridized carbons (Fsp3) is 0.200. The Labute approximate surface area is 157 Å². The smallest absolute Gasteiger partial charge is 0.238 e. The highest BCUT2D eigenvalue weighted by atomic mass is 35.5. The predicted octanol–water partition coefficient (Wildman–Crippen LogP) is 3.91. The molecular weight excluding hydrogens is 382 g/mol. The van der Waals surface area contributed by atoms with Crippen LogP contribution in [0.15, 0.2) is 45.5 Å². The zero-order valence-corrected chi connectivity index (χ0v) is 15.5. The van der Waals surface area contributed by atoms with Gasteiger partial charge in [-0.25, -0.2) is 4.98 Å². The zero-order valence-electron chi connectivity index (χ0n) is 13.1. The van der Waals surface area contributed by atoms with Gasteiger partial charge in [-0.3, -0.25) is 4.79 Å². The van der Waals surface area contributed by atoms with Gasteiger partial charge in [0.05, 0.1) is 23.1 Å². The maximum absolute atomic E-state index is 12.2. The van der Waals surface area contributed by atoms with Crippen LogP contribution in [0.4, 0.5) is 10.9 Å². The number of pyridine rings is 1. The molecule has 0 aliphatic carbocycles. The van der Waals surface area contributed by atoms with Crippen molar-refractivity contribution in [1.29, 1.82) is 0 Å². The van der Waals surface area contributed by atoms with E-state index in [0.29, 0.717) is 26.9 Å². The second-order valence-electron chi connectivity index (χ2n) is 4.92. The Hall–Kier alpha value is -2.10. The largest absolute Gasteiger partial charge is 0.467 e. The average Bonchev–Trinajstić information content (AvgIpc) is 3.26. The molecule has 7 nitrogen and oxygen atoms in total. The second kappa shape index (κ2) is 8.32. The highest BCUT2D eigenvalue weighted by Crippen LogP contribution is 2.29. The molecule has 3 aromatic rings. The van der Waals surface area contributed by atoms with Crippen LogP contribution >= 0.6 is 34.7 Å². The molecule has 0 aliphatic rings. The van der Waals surface area contributed by atoms with E-state index in [1.165, 1.54) is 29.3 Å². The highest BCUT2D eigenvalue weighted by molar-refractivity contribution is 8.02. The first-order valence-electron chi connectivity index (χ1n) is 7.29. The molecule has 0 radical (unpaired) electrons. The molecule has 3 heterocycles. The quantitative estimate of drug-likeness (QED) is 0.585. The van der Waals surface area contributed by atoms with Gasteiger partial charge in [0.15, 0.2) is 4.34 Å². The van der Waals surface area contributed by atoms with E-state index in [1.54, 1.807) is 25.3 Å². The van der Waals surface area contributed by atoms with Crippen LogP contribution in [0.5, 0.6) is 0 Å². The SMILES string of the molecule is CC(Sc1nnc(NCc2ccco2)s1)C(=O)Nc1ccc(Cl)cn1. The fourth-order valence-electron chi connectivity index (χ4n) is 1.79. The summed E-state index contributed by atoms with van der Waals surface area (Å²) in [5.74, 6) is 1.10. The van der Waals surface area contributed by atoms with Gasteiger partial charge in [0.2, 0.25) is 11.0 Å². The van der Waals surface area contributed by atoms with Gasteiger partial charge in [0.25, 0.3) is 0 Å². The Morgan fingerprint density at radius 3 is 3.00 bits per heavy atom. The molecule has 0 saturated heterocycles. The van der Waals surface area contributed by atoms with Crippen molar-refractivity contribution in [3.05, 3.63) is 47.5 Å². The minimum Gasteiger partial charge on any atom is -0.467 e. The number of nitrogens with zero attached hydrogens (tertiary/aromatic N) is 3. The van der Waals surface area contributed by atoms with Gasteiger partial charge in [-0.2, -0.15) is 0 Å². The molecule has 1 unspecified atom stereocenters. The standard InChI is InChI=1S/C15H14ClN5O2S2/c1-9(13(22)19-12-5-4-10(16)7-17-12)24-15-21-20-14(25-15)18-8-11-3-2-6-23-11/h2-7,9H,8H2,1H3,(H,18,20)(H,17,19,22). The minimum atomic E-state index is -0.344. The van der Waals surface area contributed by atoms with E-state index in [4.69, 9.17) is 16.0 Å². The molecule has 1 amide bonds. The molecule has 0 fully saturated rings. The van der Waals surface area contributed by atoms with E-state index in [1.807, 2.05) is 12.1 Å². The molecule has 0 aromatic carbocycles. The van der Waals surface area contributed by atoms with Crippen LogP contribution < -0.4 is 10.6 Å². The first-order chi connectivity index (χ1) is 12.1. The Bertz CT molecular complexity index is 823. The Morgan fingerprint density at radius 1 is 1.40 bits per heavy atom. The molecule has 0 saturated carbocycles. The van der Waals surface area contributed by atoms with E-state index >= 15 is 0 Å². The third-order valence-electron chi connectivity index (χ3n) is 3.03. The minimum absolute atomic E-state index is 0.167. The number of hydrogen-bond acceptors (Lipinski definition) is 8. The number of halogens is 1. The Kier molecular flexibility index (Phi) is 5.90. The lowest BCUT2D eigenvalue weighted by Gasteiger charge is -2.09. The molecule has 130 valence electrons. The van der Waals surface area contributed by atoms with Gasteiger partial charge in [0, 0.05) is 6.20 Å². The first kappa shape index (κ1) is 17.7. The summed E-state index contributed by atoms with van der Waals surface area (Å²) in [7, 11) is 0. The third-order valence-corrected chi connectivity index (χ3v) is 5.31. The monoisotopic (exact) mass is 395 g/mol. The molecule has 3 rings (SSSR count). The Morgan fingerprint density at radius 2 is 2.28 bits per heavy atom. The molecule has 0 spiro atoms. The van der Waals surface area contributed by atoms with Crippen LogP contribution in [0.3, 0.4) is 0 Å². The van der Waals surface area contributed by atoms with Crippen molar-refractivity contribution in [2.24, 2.45) is 0 Å². The van der Waals surface area contributed by atoms with E-state index in [-0.39, 0.29) is 11.2 Å². The summed E-state index contributed by atoms with van der Waals surface area (Å²) >= 11 is 8.49. The number of thioether (sulfide) groups is 1. The van der Waals surface area contributed by atoms with E-state index in [9.17, 15) is 4.79 Å². The summed E-state index contributed by atoms with van der Waals surface area (Å²) < 4.78 is 5.95.